The minimum Gasteiger partial charge on any atom is -0.325 e. The summed E-state index contributed by atoms with van der Waals surface area (Å²) in [6.07, 6.45) is 0. The number of hydrogen-bond acceptors (Lipinski definition) is 3. The van der Waals surface area contributed by atoms with Crippen LogP contribution in [0.5, 0.6) is 0 Å². The van der Waals surface area contributed by atoms with Crippen molar-refractivity contribution in [1.29, 1.82) is 0 Å². The van der Waals surface area contributed by atoms with Gasteiger partial charge in [0, 0.05) is 21.5 Å². The van der Waals surface area contributed by atoms with Gasteiger partial charge in [-0.05, 0) is 36.4 Å². The second kappa shape index (κ2) is 7.11. The summed E-state index contributed by atoms with van der Waals surface area (Å²) in [6, 6.07) is 9.27. The monoisotopic (exact) mass is 440 g/mol. The number of hydrogen-bond donors (Lipinski definition) is 2. The average molecular weight is 442 g/mol. The summed E-state index contributed by atoms with van der Waals surface area (Å²) in [4.78, 5) is 24.2. The van der Waals surface area contributed by atoms with Crippen LogP contribution in [0.1, 0.15) is 16.6 Å². The van der Waals surface area contributed by atoms with Crippen LogP contribution < -0.4 is 10.6 Å². The molecule has 1 heterocycles. The Labute approximate surface area is 160 Å². The van der Waals surface area contributed by atoms with Crippen molar-refractivity contribution in [2.45, 2.75) is 6.92 Å². The van der Waals surface area contributed by atoms with Crippen LogP contribution in [0.2, 0.25) is 5.02 Å². The number of carbonyl (C=O) groups is 2. The number of amides is 2. The van der Waals surface area contributed by atoms with E-state index in [9.17, 15) is 14.0 Å². The Bertz CT molecular complexity index is 1010. The standard InChI is InChI=1S/C17H11BrClFN2O2S/c1-8(23)21-12-5-2-9(18)6-13(12)22-17(24)16-15(19)11-4-3-10(20)7-14(11)25-16/h2-7H,1H3,(H,21,23)(H,22,24). The molecule has 0 radical (unpaired) electrons. The Kier molecular flexibility index (Phi) is 5.08. The molecule has 25 heavy (non-hydrogen) atoms. The normalized spacial score (nSPS) is 10.7. The Morgan fingerprint density at radius 3 is 2.60 bits per heavy atom. The van der Waals surface area contributed by atoms with Gasteiger partial charge in [0.25, 0.3) is 5.91 Å². The first-order valence-corrected chi connectivity index (χ1v) is 9.10. The maximum atomic E-state index is 13.4. The summed E-state index contributed by atoms with van der Waals surface area (Å²) in [5.74, 6) is -1.08. The minimum atomic E-state index is -0.434. The van der Waals surface area contributed by atoms with Gasteiger partial charge in [-0.15, -0.1) is 11.3 Å². The second-order valence-electron chi connectivity index (χ2n) is 5.21. The lowest BCUT2D eigenvalue weighted by Crippen LogP contribution is -2.14. The van der Waals surface area contributed by atoms with Crippen LogP contribution in [0.4, 0.5) is 15.8 Å². The molecule has 0 saturated heterocycles. The second-order valence-corrected chi connectivity index (χ2v) is 7.56. The van der Waals surface area contributed by atoms with Gasteiger partial charge in [-0.3, -0.25) is 9.59 Å². The SMILES string of the molecule is CC(=O)Nc1ccc(Br)cc1NC(=O)c1sc2cc(F)ccc2c1Cl. The highest BCUT2D eigenvalue weighted by Gasteiger charge is 2.19. The fourth-order valence-corrected chi connectivity index (χ4v) is 4.08. The van der Waals surface area contributed by atoms with E-state index in [-0.39, 0.29) is 15.8 Å². The topological polar surface area (TPSA) is 58.2 Å². The molecule has 0 saturated carbocycles. The number of fused-ring (bicyclic) bond motifs is 1. The van der Waals surface area contributed by atoms with Crippen molar-refractivity contribution in [2.24, 2.45) is 0 Å². The van der Waals surface area contributed by atoms with Gasteiger partial charge in [-0.1, -0.05) is 27.5 Å². The van der Waals surface area contributed by atoms with Crippen molar-refractivity contribution in [3.05, 3.63) is 56.6 Å². The first-order chi connectivity index (χ1) is 11.8. The van der Waals surface area contributed by atoms with Crippen LogP contribution in [0.15, 0.2) is 40.9 Å². The highest BCUT2D eigenvalue weighted by molar-refractivity contribution is 9.10. The van der Waals surface area contributed by atoms with E-state index >= 15 is 0 Å². The molecule has 2 amide bonds. The van der Waals surface area contributed by atoms with Gasteiger partial charge < -0.3 is 10.6 Å². The molecule has 0 unspecified atom stereocenters. The number of anilines is 2. The number of rotatable bonds is 3. The molecule has 2 aromatic carbocycles. The zero-order valence-electron chi connectivity index (χ0n) is 12.8. The first-order valence-electron chi connectivity index (χ1n) is 7.11. The molecule has 3 rings (SSSR count). The van der Waals surface area contributed by atoms with Crippen molar-refractivity contribution in [3.8, 4) is 0 Å². The van der Waals surface area contributed by atoms with Crippen molar-refractivity contribution in [1.82, 2.24) is 0 Å². The van der Waals surface area contributed by atoms with Gasteiger partial charge in [0.1, 0.15) is 10.7 Å². The Hall–Kier alpha value is -1.96. The lowest BCUT2D eigenvalue weighted by Gasteiger charge is -2.11. The predicted molar refractivity (Wildman–Crippen MR) is 103 cm³/mol. The maximum Gasteiger partial charge on any atom is 0.267 e. The van der Waals surface area contributed by atoms with E-state index in [0.717, 1.165) is 15.8 Å². The van der Waals surface area contributed by atoms with Crippen LogP contribution in [0, 0.1) is 5.82 Å². The van der Waals surface area contributed by atoms with E-state index in [0.29, 0.717) is 21.5 Å². The zero-order valence-corrected chi connectivity index (χ0v) is 16.0. The molecule has 0 bridgehead atoms. The molecule has 0 aliphatic carbocycles. The number of halogens is 3. The summed E-state index contributed by atoms with van der Waals surface area (Å²) < 4.78 is 14.7. The van der Waals surface area contributed by atoms with E-state index in [2.05, 4.69) is 26.6 Å². The van der Waals surface area contributed by atoms with E-state index in [1.165, 1.54) is 19.1 Å². The molecule has 8 heteroatoms. The maximum absolute atomic E-state index is 13.4. The molecule has 0 spiro atoms. The van der Waals surface area contributed by atoms with Gasteiger partial charge in [0.2, 0.25) is 5.91 Å². The highest BCUT2D eigenvalue weighted by Crippen LogP contribution is 2.36. The Morgan fingerprint density at radius 2 is 1.88 bits per heavy atom. The molecular weight excluding hydrogens is 431 g/mol. The largest absolute Gasteiger partial charge is 0.325 e. The van der Waals surface area contributed by atoms with Crippen molar-refractivity contribution >= 4 is 72.1 Å². The van der Waals surface area contributed by atoms with Crippen LogP contribution in [0.25, 0.3) is 10.1 Å². The molecule has 1 aromatic heterocycles. The zero-order chi connectivity index (χ0) is 18.1. The third kappa shape index (κ3) is 3.84. The molecule has 0 atom stereocenters. The number of nitrogens with one attached hydrogen (secondary N) is 2. The molecule has 3 aromatic rings. The molecule has 0 aliphatic heterocycles. The fourth-order valence-electron chi connectivity index (χ4n) is 2.28. The van der Waals surface area contributed by atoms with E-state index in [4.69, 9.17) is 11.6 Å². The number of thiophene rings is 1. The fraction of sp³-hybridized carbons (Fsp3) is 0.0588. The van der Waals surface area contributed by atoms with Crippen molar-refractivity contribution in [2.75, 3.05) is 10.6 Å². The van der Waals surface area contributed by atoms with E-state index in [1.807, 2.05) is 0 Å². The van der Waals surface area contributed by atoms with Crippen LogP contribution in [0.3, 0.4) is 0 Å². The van der Waals surface area contributed by atoms with Crippen molar-refractivity contribution in [3.63, 3.8) is 0 Å². The summed E-state index contributed by atoms with van der Waals surface area (Å²) in [5, 5.41) is 6.28. The summed E-state index contributed by atoms with van der Waals surface area (Å²) >= 11 is 10.7. The van der Waals surface area contributed by atoms with Gasteiger partial charge in [0.05, 0.1) is 16.4 Å². The van der Waals surface area contributed by atoms with Crippen LogP contribution in [-0.4, -0.2) is 11.8 Å². The summed E-state index contributed by atoms with van der Waals surface area (Å²) in [5.41, 5.74) is 0.890. The lowest BCUT2D eigenvalue weighted by molar-refractivity contribution is -0.114. The smallest absolute Gasteiger partial charge is 0.267 e. The van der Waals surface area contributed by atoms with Crippen LogP contribution >= 0.6 is 38.9 Å². The molecular formula is C17H11BrClFN2O2S. The van der Waals surface area contributed by atoms with Gasteiger partial charge >= 0.3 is 0 Å². The molecule has 0 aliphatic rings. The van der Waals surface area contributed by atoms with Gasteiger partial charge in [-0.25, -0.2) is 4.39 Å². The minimum absolute atomic E-state index is 0.256. The highest BCUT2D eigenvalue weighted by atomic mass is 79.9. The molecule has 2 N–H and O–H groups in total. The van der Waals surface area contributed by atoms with E-state index < -0.39 is 11.7 Å². The summed E-state index contributed by atoms with van der Waals surface area (Å²) in [6.45, 7) is 1.38. The van der Waals surface area contributed by atoms with Crippen molar-refractivity contribution < 1.29 is 14.0 Å². The molecule has 128 valence electrons. The molecule has 4 nitrogen and oxygen atoms in total. The number of benzene rings is 2. The van der Waals surface area contributed by atoms with Crippen LogP contribution in [-0.2, 0) is 4.79 Å². The predicted octanol–water partition coefficient (Wildman–Crippen LogP) is 5.67. The Balaban J connectivity index is 1.96. The first kappa shape index (κ1) is 17.8. The average Bonchev–Trinajstić information content (AvgIpc) is 2.86. The Morgan fingerprint density at radius 1 is 1.12 bits per heavy atom. The van der Waals surface area contributed by atoms with Gasteiger partial charge in [-0.2, -0.15) is 0 Å². The quantitative estimate of drug-likeness (QED) is 0.550. The third-order valence-corrected chi connectivity index (χ3v) is 5.49. The van der Waals surface area contributed by atoms with E-state index in [1.54, 1.807) is 24.3 Å². The molecule has 0 fully saturated rings. The summed E-state index contributed by atoms with van der Waals surface area (Å²) in [7, 11) is 0. The number of carbonyl (C=O) groups excluding carboxylic acids is 2. The third-order valence-electron chi connectivity index (χ3n) is 3.34. The lowest BCUT2D eigenvalue weighted by atomic mass is 10.2. The van der Waals surface area contributed by atoms with Gasteiger partial charge in [0.15, 0.2) is 0 Å².